The Balaban J connectivity index is 2.16. The fourth-order valence-corrected chi connectivity index (χ4v) is 4.09. The molecule has 0 aliphatic carbocycles. The van der Waals surface area contributed by atoms with Crippen molar-refractivity contribution in [2.45, 2.75) is 0 Å². The molecule has 0 atom stereocenters. The van der Waals surface area contributed by atoms with Gasteiger partial charge in [-0.15, -0.1) is 0 Å². The number of hydrogen-bond donors (Lipinski definition) is 0. The van der Waals surface area contributed by atoms with Crippen LogP contribution < -0.4 is 4.80 Å². The molecular weight excluding hydrogens is 363 g/mol. The van der Waals surface area contributed by atoms with Gasteiger partial charge in [-0.05, 0) is 30.3 Å². The molecule has 0 saturated carbocycles. The number of carbonyl (C=O) groups is 1. The number of rotatable bonds is 1. The zero-order valence-electron chi connectivity index (χ0n) is 11.3. The molecule has 1 aromatic heterocycles. The number of aromatic nitrogens is 1. The number of carbonyl (C=O) groups excluding carboxylic acids is 1. The predicted octanol–water partition coefficient (Wildman–Crippen LogP) is 4.94. The third-order valence-electron chi connectivity index (χ3n) is 3.09. The van der Waals surface area contributed by atoms with E-state index in [0.29, 0.717) is 25.4 Å². The first kappa shape index (κ1) is 15.6. The van der Waals surface area contributed by atoms with Crippen molar-refractivity contribution < 1.29 is 4.79 Å². The van der Waals surface area contributed by atoms with E-state index in [2.05, 4.69) is 4.99 Å². The van der Waals surface area contributed by atoms with Crippen LogP contribution >= 0.6 is 46.1 Å². The SMILES string of the molecule is Cn1c(=NC(=O)c2cccc(Cl)c2)sc2cc(Cl)cc(Cl)c21. The molecule has 2 aromatic carbocycles. The number of amides is 1. The van der Waals surface area contributed by atoms with Gasteiger partial charge in [-0.25, -0.2) is 0 Å². The Morgan fingerprint density at radius 2 is 1.91 bits per heavy atom. The van der Waals surface area contributed by atoms with Crippen LogP contribution in [0.25, 0.3) is 10.2 Å². The third-order valence-corrected chi connectivity index (χ3v) is 4.91. The van der Waals surface area contributed by atoms with Crippen molar-refractivity contribution in [3.05, 3.63) is 61.8 Å². The van der Waals surface area contributed by atoms with E-state index in [0.717, 1.165) is 10.2 Å². The fourth-order valence-electron chi connectivity index (χ4n) is 2.08. The van der Waals surface area contributed by atoms with E-state index in [1.54, 1.807) is 41.0 Å². The summed E-state index contributed by atoms with van der Waals surface area (Å²) in [6.07, 6.45) is 0. The maximum absolute atomic E-state index is 12.3. The van der Waals surface area contributed by atoms with Crippen molar-refractivity contribution >= 4 is 62.3 Å². The van der Waals surface area contributed by atoms with Crippen molar-refractivity contribution in [3.8, 4) is 0 Å². The van der Waals surface area contributed by atoms with Gasteiger partial charge in [-0.2, -0.15) is 4.99 Å². The topological polar surface area (TPSA) is 34.4 Å². The van der Waals surface area contributed by atoms with Gasteiger partial charge in [0.1, 0.15) is 0 Å². The number of aryl methyl sites for hydroxylation is 1. The van der Waals surface area contributed by atoms with Crippen LogP contribution in [0.4, 0.5) is 0 Å². The molecule has 0 N–H and O–H groups in total. The van der Waals surface area contributed by atoms with Gasteiger partial charge in [0.25, 0.3) is 5.91 Å². The second-order valence-corrected chi connectivity index (χ2v) is 6.89. The van der Waals surface area contributed by atoms with Crippen molar-refractivity contribution in [1.82, 2.24) is 4.57 Å². The molecule has 0 radical (unpaired) electrons. The summed E-state index contributed by atoms with van der Waals surface area (Å²) in [5.41, 5.74) is 1.24. The lowest BCUT2D eigenvalue weighted by Crippen LogP contribution is -2.13. The van der Waals surface area contributed by atoms with Crippen molar-refractivity contribution in [2.24, 2.45) is 12.0 Å². The van der Waals surface area contributed by atoms with Crippen LogP contribution in [-0.4, -0.2) is 10.5 Å². The molecule has 0 aliphatic heterocycles. The molecule has 1 amide bonds. The van der Waals surface area contributed by atoms with Crippen LogP contribution in [0.3, 0.4) is 0 Å². The average Bonchev–Trinajstić information content (AvgIpc) is 2.75. The van der Waals surface area contributed by atoms with Gasteiger partial charge in [0.15, 0.2) is 4.80 Å². The van der Waals surface area contributed by atoms with Crippen molar-refractivity contribution in [1.29, 1.82) is 0 Å². The lowest BCUT2D eigenvalue weighted by atomic mass is 10.2. The van der Waals surface area contributed by atoms with E-state index in [1.165, 1.54) is 11.3 Å². The summed E-state index contributed by atoms with van der Waals surface area (Å²) in [7, 11) is 1.81. The smallest absolute Gasteiger partial charge is 0.279 e. The maximum atomic E-state index is 12.3. The van der Waals surface area contributed by atoms with Crippen LogP contribution in [-0.2, 0) is 7.05 Å². The van der Waals surface area contributed by atoms with Crippen LogP contribution in [0.1, 0.15) is 10.4 Å². The molecule has 0 bridgehead atoms. The standard InChI is InChI=1S/C15H9Cl3N2OS/c1-20-13-11(18)6-10(17)7-12(13)22-15(20)19-14(21)8-3-2-4-9(16)5-8/h2-7H,1H3. The lowest BCUT2D eigenvalue weighted by molar-refractivity contribution is 0.0998. The minimum Gasteiger partial charge on any atom is -0.318 e. The van der Waals surface area contributed by atoms with E-state index in [9.17, 15) is 4.79 Å². The van der Waals surface area contributed by atoms with Crippen molar-refractivity contribution in [3.63, 3.8) is 0 Å². The van der Waals surface area contributed by atoms with Crippen LogP contribution in [0.2, 0.25) is 15.1 Å². The second kappa shape index (κ2) is 6.05. The van der Waals surface area contributed by atoms with Crippen LogP contribution in [0.5, 0.6) is 0 Å². The molecule has 3 nitrogen and oxygen atoms in total. The van der Waals surface area contributed by atoms with E-state index in [4.69, 9.17) is 34.8 Å². The molecule has 0 aliphatic rings. The van der Waals surface area contributed by atoms with Gasteiger partial charge >= 0.3 is 0 Å². The first-order chi connectivity index (χ1) is 10.5. The summed E-state index contributed by atoms with van der Waals surface area (Å²) < 4.78 is 2.65. The molecule has 0 fully saturated rings. The molecule has 0 spiro atoms. The number of nitrogens with zero attached hydrogens (tertiary/aromatic N) is 2. The number of fused-ring (bicyclic) bond motifs is 1. The van der Waals surface area contributed by atoms with E-state index in [1.807, 2.05) is 7.05 Å². The molecule has 3 rings (SSSR count). The Kier molecular flexibility index (Phi) is 4.28. The monoisotopic (exact) mass is 370 g/mol. The second-order valence-electron chi connectivity index (χ2n) is 4.61. The van der Waals surface area contributed by atoms with E-state index in [-0.39, 0.29) is 5.91 Å². The van der Waals surface area contributed by atoms with Gasteiger partial charge < -0.3 is 4.57 Å². The molecule has 0 saturated heterocycles. The highest BCUT2D eigenvalue weighted by atomic mass is 35.5. The summed E-state index contributed by atoms with van der Waals surface area (Å²) >= 11 is 19.5. The molecule has 1 heterocycles. The summed E-state index contributed by atoms with van der Waals surface area (Å²) in [5, 5.41) is 1.57. The first-order valence-corrected chi connectivity index (χ1v) is 8.20. The molecule has 7 heteroatoms. The average molecular weight is 372 g/mol. The number of halogens is 3. The Morgan fingerprint density at radius 3 is 2.64 bits per heavy atom. The summed E-state index contributed by atoms with van der Waals surface area (Å²) in [4.78, 5) is 17.0. The minimum atomic E-state index is -0.355. The minimum absolute atomic E-state index is 0.355. The van der Waals surface area contributed by atoms with E-state index >= 15 is 0 Å². The van der Waals surface area contributed by atoms with Crippen LogP contribution in [0.15, 0.2) is 41.4 Å². The molecule has 3 aromatic rings. The zero-order valence-corrected chi connectivity index (χ0v) is 14.4. The Bertz CT molecular complexity index is 959. The first-order valence-electron chi connectivity index (χ1n) is 6.25. The van der Waals surface area contributed by atoms with Gasteiger partial charge in [0.2, 0.25) is 0 Å². The van der Waals surface area contributed by atoms with Gasteiger partial charge in [0.05, 0.1) is 15.2 Å². The van der Waals surface area contributed by atoms with Gasteiger partial charge in [-0.3, -0.25) is 4.79 Å². The Labute approximate surface area is 145 Å². The maximum Gasteiger partial charge on any atom is 0.279 e. The van der Waals surface area contributed by atoms with Crippen molar-refractivity contribution in [2.75, 3.05) is 0 Å². The van der Waals surface area contributed by atoms with Gasteiger partial charge in [0, 0.05) is 22.7 Å². The number of hydrogen-bond acceptors (Lipinski definition) is 2. The third kappa shape index (κ3) is 2.92. The predicted molar refractivity (Wildman–Crippen MR) is 92.2 cm³/mol. The molecule has 22 heavy (non-hydrogen) atoms. The molecule has 112 valence electrons. The van der Waals surface area contributed by atoms with Gasteiger partial charge in [-0.1, -0.05) is 52.2 Å². The zero-order chi connectivity index (χ0) is 15.9. The molecule has 0 unspecified atom stereocenters. The van der Waals surface area contributed by atoms with Crippen LogP contribution in [0, 0.1) is 0 Å². The molecular formula is C15H9Cl3N2OS. The summed E-state index contributed by atoms with van der Waals surface area (Å²) in [6.45, 7) is 0. The number of benzene rings is 2. The van der Waals surface area contributed by atoms with E-state index < -0.39 is 0 Å². The normalized spacial score (nSPS) is 12.1. The summed E-state index contributed by atoms with van der Waals surface area (Å²) in [6, 6.07) is 10.2. The highest BCUT2D eigenvalue weighted by Crippen LogP contribution is 2.29. The lowest BCUT2D eigenvalue weighted by Gasteiger charge is -1.99. The Morgan fingerprint density at radius 1 is 1.14 bits per heavy atom. The highest BCUT2D eigenvalue weighted by Gasteiger charge is 2.10. The Hall–Kier alpha value is -1.33. The quantitative estimate of drug-likeness (QED) is 0.596. The summed E-state index contributed by atoms with van der Waals surface area (Å²) in [5.74, 6) is -0.355. The number of thiazole rings is 1. The fraction of sp³-hybridized carbons (Fsp3) is 0.0667. The highest BCUT2D eigenvalue weighted by molar-refractivity contribution is 7.16. The largest absolute Gasteiger partial charge is 0.318 e.